The molecular weight excluding hydrogens is 388 g/mol. The molecule has 0 bridgehead atoms. The molecule has 2 rings (SSSR count). The molecule has 0 aromatic heterocycles. The summed E-state index contributed by atoms with van der Waals surface area (Å²) in [6, 6.07) is 5.72. The maximum atomic E-state index is 11.5. The molecule has 1 saturated carbocycles. The Labute approximate surface area is 157 Å². The molecule has 0 spiro atoms. The number of hydrogen-bond donors (Lipinski definition) is 0. The first-order chi connectivity index (χ1) is 12.1. The van der Waals surface area contributed by atoms with Crippen molar-refractivity contribution in [1.82, 2.24) is 0 Å². The van der Waals surface area contributed by atoms with E-state index < -0.39 is 6.16 Å². The van der Waals surface area contributed by atoms with Crippen LogP contribution in [0.15, 0.2) is 30.5 Å². The van der Waals surface area contributed by atoms with Crippen LogP contribution in [-0.2, 0) is 9.47 Å². The van der Waals surface area contributed by atoms with Gasteiger partial charge in [-0.1, -0.05) is 28.6 Å². The number of carbonyl (C=O) groups is 1. The fourth-order valence-corrected chi connectivity index (χ4v) is 3.61. The Morgan fingerprint density at radius 1 is 1.32 bits per heavy atom. The van der Waals surface area contributed by atoms with Crippen molar-refractivity contribution in [1.29, 1.82) is 0 Å². The van der Waals surface area contributed by atoms with Crippen molar-refractivity contribution in [3.05, 3.63) is 36.1 Å². The van der Waals surface area contributed by atoms with Gasteiger partial charge in [0.1, 0.15) is 5.76 Å². The lowest BCUT2D eigenvalue weighted by molar-refractivity contribution is 0.0786. The van der Waals surface area contributed by atoms with Crippen LogP contribution in [0.25, 0.3) is 0 Å². The Kier molecular flexibility index (Phi) is 7.62. The van der Waals surface area contributed by atoms with Crippen molar-refractivity contribution in [3.63, 3.8) is 0 Å². The molecule has 5 nitrogen and oxygen atoms in total. The molecule has 1 aromatic rings. The van der Waals surface area contributed by atoms with Gasteiger partial charge in [0.05, 0.1) is 25.7 Å². The molecule has 1 aliphatic rings. The van der Waals surface area contributed by atoms with Crippen LogP contribution < -0.4 is 9.47 Å². The highest BCUT2D eigenvalue weighted by Crippen LogP contribution is 2.36. The minimum absolute atomic E-state index is 0.207. The standard InChI is InChI=1S/C19H25BrO5/c1-4-23-19(21)24-13(2)16(12-20)14-9-10-17(22-3)18(11-14)25-15-7-5-6-8-15/h9-11,15-16H,2,4-8,12H2,1,3H3. The van der Waals surface area contributed by atoms with Gasteiger partial charge < -0.3 is 18.9 Å². The Morgan fingerprint density at radius 3 is 2.64 bits per heavy atom. The Hall–Kier alpha value is -1.69. The first kappa shape index (κ1) is 19.6. The molecule has 1 fully saturated rings. The molecule has 0 amide bonds. The zero-order valence-corrected chi connectivity index (χ0v) is 16.3. The fourth-order valence-electron chi connectivity index (χ4n) is 2.87. The monoisotopic (exact) mass is 412 g/mol. The SMILES string of the molecule is C=C(OC(=O)OCC)C(CBr)c1ccc(OC)c(OC2CCCC2)c1. The number of alkyl halides is 1. The van der Waals surface area contributed by atoms with Gasteiger partial charge in [0.25, 0.3) is 0 Å². The lowest BCUT2D eigenvalue weighted by Crippen LogP contribution is -2.14. The van der Waals surface area contributed by atoms with Crippen LogP contribution in [-0.4, -0.2) is 31.3 Å². The summed E-state index contributed by atoms with van der Waals surface area (Å²) in [5, 5.41) is 0.556. The van der Waals surface area contributed by atoms with Gasteiger partial charge >= 0.3 is 6.16 Å². The highest BCUT2D eigenvalue weighted by molar-refractivity contribution is 9.09. The lowest BCUT2D eigenvalue weighted by atomic mass is 9.99. The summed E-state index contributed by atoms with van der Waals surface area (Å²) in [7, 11) is 1.63. The van der Waals surface area contributed by atoms with Crippen LogP contribution >= 0.6 is 15.9 Å². The van der Waals surface area contributed by atoms with Crippen molar-refractivity contribution in [2.45, 2.75) is 44.6 Å². The van der Waals surface area contributed by atoms with E-state index >= 15 is 0 Å². The summed E-state index contributed by atoms with van der Waals surface area (Å²) in [6.45, 7) is 5.86. The average Bonchev–Trinajstić information content (AvgIpc) is 3.09. The molecule has 1 atom stereocenters. The summed E-state index contributed by atoms with van der Waals surface area (Å²) in [5.74, 6) is 1.52. The molecule has 25 heavy (non-hydrogen) atoms. The van der Waals surface area contributed by atoms with Gasteiger partial charge in [-0.3, -0.25) is 0 Å². The molecule has 6 heteroatoms. The van der Waals surface area contributed by atoms with Crippen LogP contribution in [0.1, 0.15) is 44.1 Å². The number of hydrogen-bond acceptors (Lipinski definition) is 5. The van der Waals surface area contributed by atoms with Crippen LogP contribution in [0, 0.1) is 0 Å². The van der Waals surface area contributed by atoms with Crippen LogP contribution in [0.5, 0.6) is 11.5 Å². The Bertz CT molecular complexity index is 595. The first-order valence-electron chi connectivity index (χ1n) is 8.53. The van der Waals surface area contributed by atoms with Gasteiger partial charge in [0, 0.05) is 5.33 Å². The number of carbonyl (C=O) groups excluding carboxylic acids is 1. The van der Waals surface area contributed by atoms with Crippen LogP contribution in [0.2, 0.25) is 0 Å². The van der Waals surface area contributed by atoms with E-state index in [-0.39, 0.29) is 18.6 Å². The Balaban J connectivity index is 2.17. The highest BCUT2D eigenvalue weighted by atomic mass is 79.9. The summed E-state index contributed by atoms with van der Waals surface area (Å²) >= 11 is 3.47. The van der Waals surface area contributed by atoms with E-state index in [2.05, 4.69) is 22.5 Å². The van der Waals surface area contributed by atoms with Gasteiger partial charge in [-0.25, -0.2) is 4.79 Å². The third kappa shape index (κ3) is 5.39. The van der Waals surface area contributed by atoms with E-state index in [1.54, 1.807) is 14.0 Å². The third-order valence-corrected chi connectivity index (χ3v) is 4.85. The number of rotatable bonds is 8. The van der Waals surface area contributed by atoms with E-state index in [0.29, 0.717) is 22.6 Å². The second-order valence-electron chi connectivity index (χ2n) is 5.89. The van der Waals surface area contributed by atoms with Crippen molar-refractivity contribution in [2.24, 2.45) is 0 Å². The Morgan fingerprint density at radius 2 is 2.04 bits per heavy atom. The van der Waals surface area contributed by atoms with Crippen molar-refractivity contribution in [2.75, 3.05) is 19.0 Å². The molecule has 0 heterocycles. The van der Waals surface area contributed by atoms with E-state index in [0.717, 1.165) is 18.4 Å². The molecule has 0 saturated heterocycles. The fraction of sp³-hybridized carbons (Fsp3) is 0.526. The molecule has 1 unspecified atom stereocenters. The lowest BCUT2D eigenvalue weighted by Gasteiger charge is -2.20. The zero-order valence-electron chi connectivity index (χ0n) is 14.8. The van der Waals surface area contributed by atoms with Gasteiger partial charge in [0.15, 0.2) is 11.5 Å². The molecule has 0 N–H and O–H groups in total. The molecular formula is C19H25BrO5. The van der Waals surface area contributed by atoms with Crippen molar-refractivity contribution in [3.8, 4) is 11.5 Å². The van der Waals surface area contributed by atoms with E-state index in [1.165, 1.54) is 12.8 Å². The molecule has 138 valence electrons. The predicted molar refractivity (Wildman–Crippen MR) is 99.7 cm³/mol. The van der Waals surface area contributed by atoms with E-state index in [9.17, 15) is 4.79 Å². The summed E-state index contributed by atoms with van der Waals surface area (Å²) in [5.41, 5.74) is 0.931. The largest absolute Gasteiger partial charge is 0.513 e. The second-order valence-corrected chi connectivity index (χ2v) is 6.54. The molecule has 0 aliphatic heterocycles. The third-order valence-electron chi connectivity index (χ3n) is 4.21. The van der Waals surface area contributed by atoms with Gasteiger partial charge in [-0.05, 0) is 50.3 Å². The normalized spacial score (nSPS) is 15.5. The number of methoxy groups -OCH3 is 1. The minimum Gasteiger partial charge on any atom is -0.493 e. The zero-order chi connectivity index (χ0) is 18.2. The maximum absolute atomic E-state index is 11.5. The number of allylic oxidation sites excluding steroid dienone is 1. The van der Waals surface area contributed by atoms with E-state index in [4.69, 9.17) is 18.9 Å². The predicted octanol–water partition coefficient (Wildman–Crippen LogP) is 5.18. The van der Waals surface area contributed by atoms with Gasteiger partial charge in [0.2, 0.25) is 0 Å². The maximum Gasteiger partial charge on any atom is 0.513 e. The second kappa shape index (κ2) is 9.70. The number of halogens is 1. The first-order valence-corrected chi connectivity index (χ1v) is 9.65. The van der Waals surface area contributed by atoms with Gasteiger partial charge in [-0.2, -0.15) is 0 Å². The minimum atomic E-state index is -0.741. The van der Waals surface area contributed by atoms with Crippen molar-refractivity contribution < 1.29 is 23.7 Å². The quantitative estimate of drug-likeness (QED) is 0.334. The smallest absolute Gasteiger partial charge is 0.493 e. The van der Waals surface area contributed by atoms with Crippen molar-refractivity contribution >= 4 is 22.1 Å². The van der Waals surface area contributed by atoms with Gasteiger partial charge in [-0.15, -0.1) is 0 Å². The van der Waals surface area contributed by atoms with Crippen LogP contribution in [0.3, 0.4) is 0 Å². The van der Waals surface area contributed by atoms with Crippen LogP contribution in [0.4, 0.5) is 4.79 Å². The molecule has 0 radical (unpaired) electrons. The van der Waals surface area contributed by atoms with E-state index in [1.807, 2.05) is 18.2 Å². The number of ether oxygens (including phenoxy) is 4. The summed E-state index contributed by atoms with van der Waals surface area (Å²) in [6.07, 6.45) is 4.00. The summed E-state index contributed by atoms with van der Waals surface area (Å²) in [4.78, 5) is 11.5. The average molecular weight is 413 g/mol. The molecule has 1 aliphatic carbocycles. The topological polar surface area (TPSA) is 54.0 Å². The number of benzene rings is 1. The molecule has 1 aromatic carbocycles. The summed E-state index contributed by atoms with van der Waals surface area (Å²) < 4.78 is 21.5. The highest BCUT2D eigenvalue weighted by Gasteiger charge is 2.23.